The first kappa shape index (κ1) is 16.3. The Morgan fingerprint density at radius 2 is 2.09 bits per heavy atom. The van der Waals surface area contributed by atoms with Gasteiger partial charge in [0.25, 0.3) is 0 Å². The van der Waals surface area contributed by atoms with Gasteiger partial charge in [-0.2, -0.15) is 5.26 Å². The van der Waals surface area contributed by atoms with Crippen LogP contribution < -0.4 is 10.1 Å². The summed E-state index contributed by atoms with van der Waals surface area (Å²) in [6.45, 7) is 0.887. The van der Waals surface area contributed by atoms with Crippen LogP contribution in [0, 0.1) is 11.3 Å². The number of carbonyl (C=O) groups excluding carboxylic acids is 1. The fourth-order valence-electron chi connectivity index (χ4n) is 2.98. The predicted molar refractivity (Wildman–Crippen MR) is 84.3 cm³/mol. The van der Waals surface area contributed by atoms with Gasteiger partial charge in [0.1, 0.15) is 11.3 Å². The summed E-state index contributed by atoms with van der Waals surface area (Å²) in [5.41, 5.74) is 0.388. The highest BCUT2D eigenvalue weighted by molar-refractivity contribution is 5.79. The van der Waals surface area contributed by atoms with Crippen molar-refractivity contribution in [1.82, 2.24) is 10.2 Å². The van der Waals surface area contributed by atoms with Gasteiger partial charge in [0.2, 0.25) is 5.91 Å². The second-order valence-corrected chi connectivity index (χ2v) is 5.93. The van der Waals surface area contributed by atoms with Crippen LogP contribution in [0.25, 0.3) is 0 Å². The van der Waals surface area contributed by atoms with E-state index in [1.807, 2.05) is 36.2 Å². The first-order chi connectivity index (χ1) is 10.6. The number of carbonyl (C=O) groups is 1. The number of amides is 1. The van der Waals surface area contributed by atoms with Crippen molar-refractivity contribution in [2.24, 2.45) is 0 Å². The van der Waals surface area contributed by atoms with Crippen molar-refractivity contribution in [2.75, 3.05) is 20.7 Å². The minimum atomic E-state index is -0.650. The Morgan fingerprint density at radius 1 is 1.41 bits per heavy atom. The summed E-state index contributed by atoms with van der Waals surface area (Å²) in [7, 11) is 3.53. The van der Waals surface area contributed by atoms with Gasteiger partial charge in [-0.3, -0.25) is 9.69 Å². The van der Waals surface area contributed by atoms with E-state index in [1.54, 1.807) is 7.11 Å². The van der Waals surface area contributed by atoms with E-state index in [9.17, 15) is 10.1 Å². The van der Waals surface area contributed by atoms with Crippen molar-refractivity contribution < 1.29 is 9.53 Å². The van der Waals surface area contributed by atoms with E-state index in [4.69, 9.17) is 4.74 Å². The summed E-state index contributed by atoms with van der Waals surface area (Å²) >= 11 is 0. The summed E-state index contributed by atoms with van der Waals surface area (Å²) in [6, 6.07) is 10.1. The molecule has 0 radical (unpaired) electrons. The third-order valence-corrected chi connectivity index (χ3v) is 4.10. The van der Waals surface area contributed by atoms with E-state index >= 15 is 0 Å². The lowest BCUT2D eigenvalue weighted by atomic mass is 10.00. The number of likely N-dealkylation sites (N-methyl/N-ethyl adjacent to an activating group) is 1. The number of methoxy groups -OCH3 is 1. The van der Waals surface area contributed by atoms with Crippen molar-refractivity contribution >= 4 is 5.91 Å². The van der Waals surface area contributed by atoms with Crippen molar-refractivity contribution in [3.63, 3.8) is 0 Å². The Bertz CT molecular complexity index is 559. The van der Waals surface area contributed by atoms with Crippen LogP contribution in [0.4, 0.5) is 0 Å². The molecule has 1 N–H and O–H groups in total. The number of rotatable bonds is 6. The van der Waals surface area contributed by atoms with E-state index in [0.717, 1.165) is 37.0 Å². The number of nitrogens with zero attached hydrogens (tertiary/aromatic N) is 2. The molecule has 1 aromatic carbocycles. The molecule has 1 aliphatic rings. The zero-order chi connectivity index (χ0) is 16.0. The maximum absolute atomic E-state index is 12.2. The molecule has 2 rings (SSSR count). The van der Waals surface area contributed by atoms with Crippen LogP contribution >= 0.6 is 0 Å². The van der Waals surface area contributed by atoms with Crippen molar-refractivity contribution in [2.45, 2.75) is 37.8 Å². The summed E-state index contributed by atoms with van der Waals surface area (Å²) < 4.78 is 5.32. The lowest BCUT2D eigenvalue weighted by Crippen LogP contribution is -2.48. The van der Waals surface area contributed by atoms with Crippen LogP contribution in [0.1, 0.15) is 31.2 Å². The van der Waals surface area contributed by atoms with Gasteiger partial charge in [-0.05, 0) is 38.8 Å². The van der Waals surface area contributed by atoms with E-state index < -0.39 is 5.54 Å². The van der Waals surface area contributed by atoms with E-state index in [-0.39, 0.29) is 12.5 Å². The Hall–Kier alpha value is -2.06. The number of para-hydroxylation sites is 1. The van der Waals surface area contributed by atoms with E-state index in [0.29, 0.717) is 6.54 Å². The highest BCUT2D eigenvalue weighted by Gasteiger charge is 2.35. The van der Waals surface area contributed by atoms with Crippen molar-refractivity contribution in [3.05, 3.63) is 29.8 Å². The Kier molecular flexibility index (Phi) is 5.40. The Labute approximate surface area is 131 Å². The molecule has 5 nitrogen and oxygen atoms in total. The summed E-state index contributed by atoms with van der Waals surface area (Å²) in [5.74, 6) is 0.722. The van der Waals surface area contributed by atoms with Gasteiger partial charge < -0.3 is 10.1 Å². The van der Waals surface area contributed by atoms with Gasteiger partial charge in [0.05, 0.1) is 19.7 Å². The molecule has 0 heterocycles. The topological polar surface area (TPSA) is 65.4 Å². The van der Waals surface area contributed by atoms with Crippen LogP contribution in [0.15, 0.2) is 24.3 Å². The molecule has 118 valence electrons. The number of ether oxygens (including phenoxy) is 1. The zero-order valence-corrected chi connectivity index (χ0v) is 13.3. The molecule has 1 aromatic rings. The molecule has 0 bridgehead atoms. The highest BCUT2D eigenvalue weighted by Crippen LogP contribution is 2.28. The number of nitriles is 1. The molecule has 5 heteroatoms. The van der Waals surface area contributed by atoms with Gasteiger partial charge in [0, 0.05) is 12.1 Å². The van der Waals surface area contributed by atoms with Gasteiger partial charge in [-0.25, -0.2) is 0 Å². The largest absolute Gasteiger partial charge is 0.496 e. The van der Waals surface area contributed by atoms with Crippen molar-refractivity contribution in [1.29, 1.82) is 5.26 Å². The quantitative estimate of drug-likeness (QED) is 0.873. The summed E-state index contributed by atoms with van der Waals surface area (Å²) in [4.78, 5) is 14.1. The minimum Gasteiger partial charge on any atom is -0.496 e. The summed E-state index contributed by atoms with van der Waals surface area (Å²) in [6.07, 6.45) is 3.52. The number of hydrogen-bond acceptors (Lipinski definition) is 4. The third-order valence-electron chi connectivity index (χ3n) is 4.10. The molecule has 0 unspecified atom stereocenters. The van der Waals surface area contributed by atoms with E-state index in [2.05, 4.69) is 11.4 Å². The van der Waals surface area contributed by atoms with E-state index in [1.165, 1.54) is 0 Å². The molecule has 0 aromatic heterocycles. The molecule has 1 aliphatic carbocycles. The maximum atomic E-state index is 12.2. The van der Waals surface area contributed by atoms with Gasteiger partial charge >= 0.3 is 0 Å². The van der Waals surface area contributed by atoms with Crippen LogP contribution in [-0.2, 0) is 11.3 Å². The first-order valence-electron chi connectivity index (χ1n) is 7.61. The van der Waals surface area contributed by atoms with Crippen LogP contribution in [0.2, 0.25) is 0 Å². The monoisotopic (exact) mass is 301 g/mol. The zero-order valence-electron chi connectivity index (χ0n) is 13.3. The van der Waals surface area contributed by atoms with Gasteiger partial charge in [-0.1, -0.05) is 18.2 Å². The molecule has 0 atom stereocenters. The standard InChI is InChI=1S/C17H23N3O2/c1-20(11-14-7-3-4-8-15(14)22-2)12-16(21)19-17(13-18)9-5-6-10-17/h3-4,7-8H,5-6,9-12H2,1-2H3,(H,19,21). The fraction of sp³-hybridized carbons (Fsp3) is 0.529. The fourth-order valence-corrected chi connectivity index (χ4v) is 2.98. The smallest absolute Gasteiger partial charge is 0.235 e. The molecule has 1 amide bonds. The molecule has 1 fully saturated rings. The van der Waals surface area contributed by atoms with Gasteiger partial charge in [0.15, 0.2) is 0 Å². The first-order valence-corrected chi connectivity index (χ1v) is 7.61. The molecular weight excluding hydrogens is 278 g/mol. The minimum absolute atomic E-state index is 0.0964. The van der Waals surface area contributed by atoms with Crippen LogP contribution in [-0.4, -0.2) is 37.0 Å². The second-order valence-electron chi connectivity index (χ2n) is 5.93. The average molecular weight is 301 g/mol. The van der Waals surface area contributed by atoms with Crippen LogP contribution in [0.3, 0.4) is 0 Å². The number of hydrogen-bond donors (Lipinski definition) is 1. The van der Waals surface area contributed by atoms with Crippen molar-refractivity contribution in [3.8, 4) is 11.8 Å². The van der Waals surface area contributed by atoms with Gasteiger partial charge in [-0.15, -0.1) is 0 Å². The molecule has 0 saturated heterocycles. The molecular formula is C17H23N3O2. The SMILES string of the molecule is COc1ccccc1CN(C)CC(=O)NC1(C#N)CCCC1. The Balaban J connectivity index is 1.90. The molecule has 0 aliphatic heterocycles. The molecule has 0 spiro atoms. The molecule has 1 saturated carbocycles. The van der Waals surface area contributed by atoms with Crippen LogP contribution in [0.5, 0.6) is 5.75 Å². The maximum Gasteiger partial charge on any atom is 0.235 e. The number of benzene rings is 1. The normalized spacial score (nSPS) is 16.3. The number of nitrogens with one attached hydrogen (secondary N) is 1. The second kappa shape index (κ2) is 7.28. The lowest BCUT2D eigenvalue weighted by Gasteiger charge is -2.24. The summed E-state index contributed by atoms with van der Waals surface area (Å²) in [5, 5.41) is 12.2. The molecule has 22 heavy (non-hydrogen) atoms. The highest BCUT2D eigenvalue weighted by atomic mass is 16.5. The Morgan fingerprint density at radius 3 is 2.73 bits per heavy atom. The average Bonchev–Trinajstić information content (AvgIpc) is 2.96. The third kappa shape index (κ3) is 3.99. The predicted octanol–water partition coefficient (Wildman–Crippen LogP) is 2.08. The lowest BCUT2D eigenvalue weighted by molar-refractivity contribution is -0.123.